The quantitative estimate of drug-likeness (QED) is 0.115. The van der Waals surface area contributed by atoms with Crippen LogP contribution in [0.2, 0.25) is 0 Å². The van der Waals surface area contributed by atoms with Crippen LogP contribution in [-0.4, -0.2) is 11.5 Å². The van der Waals surface area contributed by atoms with Crippen molar-refractivity contribution in [3.05, 3.63) is 60.2 Å². The highest BCUT2D eigenvalue weighted by atomic mass is 79.9. The van der Waals surface area contributed by atoms with Gasteiger partial charge in [0, 0.05) is 48.6 Å². The third kappa shape index (κ3) is 18.3. The number of pyridine rings is 2. The Morgan fingerprint density at radius 1 is 0.500 bits per heavy atom. The Labute approximate surface area is 251 Å². The smallest absolute Gasteiger partial charge is 0.169 e. The van der Waals surface area contributed by atoms with Gasteiger partial charge in [-0.2, -0.15) is 0 Å². The first-order chi connectivity index (χ1) is 16.8. The molecule has 0 unspecified atom stereocenters. The third-order valence-corrected chi connectivity index (χ3v) is 8.90. The summed E-state index contributed by atoms with van der Waals surface area (Å²) in [6.45, 7) is 6.89. The van der Waals surface area contributed by atoms with Gasteiger partial charge in [-0.15, -0.1) is 0 Å². The van der Waals surface area contributed by atoms with Crippen molar-refractivity contribution >= 4 is 21.6 Å². The lowest BCUT2D eigenvalue weighted by molar-refractivity contribution is -0.697. The summed E-state index contributed by atoms with van der Waals surface area (Å²) in [5.74, 6) is 2.39. The van der Waals surface area contributed by atoms with Gasteiger partial charge in [-0.3, -0.25) is 0 Å². The number of nitrogens with zero attached hydrogens (tertiary/aromatic N) is 2. The van der Waals surface area contributed by atoms with Crippen molar-refractivity contribution in [3.8, 4) is 0 Å². The van der Waals surface area contributed by atoms with Crippen molar-refractivity contribution in [2.45, 2.75) is 117 Å². The molecular weight excluding hydrogens is 612 g/mol. The number of unbranched alkanes of at least 4 members (excludes halogenated alkanes) is 10. The average Bonchev–Trinajstić information content (AvgIpc) is 2.87. The minimum atomic E-state index is 0. The Morgan fingerprint density at radius 2 is 0.833 bits per heavy atom. The maximum atomic E-state index is 2.35. The molecule has 2 aromatic heterocycles. The summed E-state index contributed by atoms with van der Waals surface area (Å²) in [7, 11) is 4.04. The molecule has 2 heterocycles. The fourth-order valence-corrected chi connectivity index (χ4v) is 6.28. The van der Waals surface area contributed by atoms with Gasteiger partial charge in [-0.1, -0.05) is 86.8 Å². The number of rotatable bonds is 21. The van der Waals surface area contributed by atoms with Crippen molar-refractivity contribution in [3.63, 3.8) is 0 Å². The van der Waals surface area contributed by atoms with Crippen molar-refractivity contribution in [1.29, 1.82) is 0 Å². The Balaban J connectivity index is 0.00000612. The molecule has 0 spiro atoms. The number of halogens is 2. The maximum absolute atomic E-state index is 2.35. The van der Waals surface area contributed by atoms with E-state index in [0.29, 0.717) is 0 Å². The predicted octanol–water partition coefficient (Wildman–Crippen LogP) is 2.16. The molecule has 0 aromatic carbocycles. The minimum absolute atomic E-state index is 0. The van der Waals surface area contributed by atoms with Gasteiger partial charge in [-0.05, 0) is 36.8 Å². The van der Waals surface area contributed by atoms with Crippen molar-refractivity contribution in [2.24, 2.45) is 0 Å². The highest BCUT2D eigenvalue weighted by molar-refractivity contribution is 8.76. The fraction of sp³-hybridized carbons (Fsp3) is 0.667. The van der Waals surface area contributed by atoms with Gasteiger partial charge in [0.25, 0.3) is 0 Å². The Morgan fingerprint density at radius 3 is 1.19 bits per heavy atom. The highest BCUT2D eigenvalue weighted by Crippen LogP contribution is 2.23. The summed E-state index contributed by atoms with van der Waals surface area (Å²) in [5, 5.41) is 0. The lowest BCUT2D eigenvalue weighted by Gasteiger charge is -2.03. The Bertz CT molecular complexity index is 663. The van der Waals surface area contributed by atoms with E-state index >= 15 is 0 Å². The van der Waals surface area contributed by atoms with Gasteiger partial charge in [0.1, 0.15) is 13.1 Å². The maximum Gasteiger partial charge on any atom is 0.169 e. The van der Waals surface area contributed by atoms with E-state index in [4.69, 9.17) is 0 Å². The molecule has 0 aliphatic rings. The topological polar surface area (TPSA) is 7.76 Å². The predicted molar refractivity (Wildman–Crippen MR) is 152 cm³/mol. The molecule has 0 aliphatic heterocycles. The molecule has 36 heavy (non-hydrogen) atoms. The zero-order valence-corrected chi connectivity index (χ0v) is 27.6. The third-order valence-electron chi connectivity index (χ3n) is 6.49. The molecule has 0 N–H and O–H groups in total. The summed E-state index contributed by atoms with van der Waals surface area (Å²) in [5.41, 5.74) is 2.93. The first-order valence-corrected chi connectivity index (χ1v) is 16.5. The van der Waals surface area contributed by atoms with E-state index in [0.717, 1.165) is 13.1 Å². The van der Waals surface area contributed by atoms with E-state index in [-0.39, 0.29) is 34.0 Å². The molecule has 2 aromatic rings. The number of hydrogen-bond donors (Lipinski definition) is 0. The second-order valence-corrected chi connectivity index (χ2v) is 12.3. The SMILES string of the molecule is CCCCCCCC[n+]1ccc(CCSSCCc2cc[n+](CCCCCCCC)cc2)cc1.[Br-].[Br-]. The molecule has 0 saturated carbocycles. The molecular formula is C30H50Br2N2S2. The first-order valence-electron chi connectivity index (χ1n) is 14.0. The molecule has 2 rings (SSSR count). The van der Waals surface area contributed by atoms with Crippen LogP contribution < -0.4 is 43.1 Å². The van der Waals surface area contributed by atoms with E-state index in [9.17, 15) is 0 Å². The van der Waals surface area contributed by atoms with Gasteiger partial charge in [0.2, 0.25) is 0 Å². The normalized spacial score (nSPS) is 10.6. The second-order valence-electron chi connectivity index (χ2n) is 9.57. The minimum Gasteiger partial charge on any atom is -1.00 e. The standard InChI is InChI=1S/C30H50N2S2.2BrH/c1-3-5-7-9-11-13-21-31-23-15-29(16-24-31)19-27-33-34-28-20-30-17-25-32(26-18-30)22-14-12-10-8-6-4-2;;/h15-18,23-26H,3-14,19-22,27-28H2,1-2H3;2*1H/q+2;;/p-2. The zero-order chi connectivity index (χ0) is 24.1. The Kier molecular flexibility index (Phi) is 25.2. The molecule has 0 saturated heterocycles. The van der Waals surface area contributed by atoms with Crippen LogP contribution in [0.15, 0.2) is 49.1 Å². The largest absolute Gasteiger partial charge is 1.00 e. The van der Waals surface area contributed by atoms with E-state index < -0.39 is 0 Å². The van der Waals surface area contributed by atoms with Crippen LogP contribution >= 0.6 is 21.6 Å². The molecule has 0 fully saturated rings. The van der Waals surface area contributed by atoms with Crippen LogP contribution in [0.5, 0.6) is 0 Å². The molecule has 0 bridgehead atoms. The van der Waals surface area contributed by atoms with Crippen LogP contribution in [0.25, 0.3) is 0 Å². The van der Waals surface area contributed by atoms with Crippen molar-refractivity contribution in [2.75, 3.05) is 11.5 Å². The highest BCUT2D eigenvalue weighted by Gasteiger charge is 2.04. The number of aromatic nitrogens is 2. The van der Waals surface area contributed by atoms with E-state index in [1.165, 1.54) is 113 Å². The molecule has 206 valence electrons. The number of hydrogen-bond acceptors (Lipinski definition) is 2. The van der Waals surface area contributed by atoms with Crippen LogP contribution in [0, 0.1) is 0 Å². The second kappa shape index (κ2) is 25.2. The molecule has 0 radical (unpaired) electrons. The van der Waals surface area contributed by atoms with Crippen LogP contribution in [0.4, 0.5) is 0 Å². The summed E-state index contributed by atoms with van der Waals surface area (Å²) in [6, 6.07) is 9.25. The summed E-state index contributed by atoms with van der Waals surface area (Å²) < 4.78 is 4.70. The first kappa shape index (κ1) is 36.0. The van der Waals surface area contributed by atoms with E-state index in [1.54, 1.807) is 0 Å². The van der Waals surface area contributed by atoms with Gasteiger partial charge < -0.3 is 34.0 Å². The van der Waals surface area contributed by atoms with E-state index in [2.05, 4.69) is 72.0 Å². The van der Waals surface area contributed by atoms with Gasteiger partial charge in [-0.25, -0.2) is 9.13 Å². The molecule has 0 atom stereocenters. The Hall–Kier alpha value is -0.0400. The fourth-order valence-electron chi connectivity index (χ4n) is 4.19. The average molecular weight is 663 g/mol. The molecule has 0 aliphatic carbocycles. The summed E-state index contributed by atoms with van der Waals surface area (Å²) >= 11 is 0. The zero-order valence-electron chi connectivity index (χ0n) is 22.8. The van der Waals surface area contributed by atoms with Crippen molar-refractivity contribution < 1.29 is 43.1 Å². The molecule has 2 nitrogen and oxygen atoms in total. The van der Waals surface area contributed by atoms with Crippen LogP contribution in [0.3, 0.4) is 0 Å². The molecule has 6 heteroatoms. The van der Waals surface area contributed by atoms with Crippen LogP contribution in [0.1, 0.15) is 102 Å². The molecule has 0 amide bonds. The number of aryl methyl sites for hydroxylation is 4. The van der Waals surface area contributed by atoms with Gasteiger partial charge in [0.15, 0.2) is 24.8 Å². The monoisotopic (exact) mass is 660 g/mol. The summed E-state index contributed by atoms with van der Waals surface area (Å²) in [6.07, 6.45) is 27.8. The lowest BCUT2D eigenvalue weighted by Crippen LogP contribution is -3.00. The van der Waals surface area contributed by atoms with Crippen molar-refractivity contribution in [1.82, 2.24) is 0 Å². The van der Waals surface area contributed by atoms with Gasteiger partial charge in [0.05, 0.1) is 0 Å². The van der Waals surface area contributed by atoms with Crippen LogP contribution in [-0.2, 0) is 25.9 Å². The van der Waals surface area contributed by atoms with E-state index in [1.807, 2.05) is 21.6 Å². The summed E-state index contributed by atoms with van der Waals surface area (Å²) in [4.78, 5) is 0. The lowest BCUT2D eigenvalue weighted by atomic mass is 10.1. The van der Waals surface area contributed by atoms with Gasteiger partial charge >= 0.3 is 0 Å².